The van der Waals surface area contributed by atoms with Gasteiger partial charge in [0.1, 0.15) is 10.7 Å². The third-order valence-corrected chi connectivity index (χ3v) is 10.6. The third kappa shape index (κ3) is 6.31. The Morgan fingerprint density at radius 3 is 2.49 bits per heavy atom. The number of nitrogens with zero attached hydrogens (tertiary/aromatic N) is 5. The average Bonchev–Trinajstić information content (AvgIpc) is 3.68. The number of benzene rings is 2. The Hall–Kier alpha value is -4.79. The smallest absolute Gasteiger partial charge is 0.269 e. The van der Waals surface area contributed by atoms with E-state index in [1.54, 1.807) is 48.8 Å². The molecule has 12 nitrogen and oxygen atoms in total. The number of amides is 2. The zero-order valence-electron chi connectivity index (χ0n) is 26.8. The molecule has 0 atom stereocenters. The average molecular weight is 673 g/mol. The number of aryl methyl sites for hydroxylation is 3. The molecule has 0 fully saturated rings. The van der Waals surface area contributed by atoms with Crippen molar-refractivity contribution in [3.05, 3.63) is 81.7 Å². The van der Waals surface area contributed by atoms with Crippen molar-refractivity contribution in [2.45, 2.75) is 31.6 Å². The molecule has 0 saturated carbocycles. The number of hydrogen-bond acceptors (Lipinski definition) is 10. The molecule has 3 aromatic heterocycles. The molecule has 47 heavy (non-hydrogen) atoms. The third-order valence-electron chi connectivity index (χ3n) is 7.98. The molecule has 2 aromatic carbocycles. The number of fused-ring (bicyclic) bond motifs is 2. The highest BCUT2D eigenvalue weighted by molar-refractivity contribution is 7.90. The van der Waals surface area contributed by atoms with E-state index in [0.29, 0.717) is 34.0 Å². The molecule has 3 N–H and O–H groups in total. The number of thiophene rings is 1. The van der Waals surface area contributed by atoms with Crippen molar-refractivity contribution in [1.82, 2.24) is 24.2 Å². The van der Waals surface area contributed by atoms with Crippen LogP contribution in [0.4, 0.5) is 28.8 Å². The van der Waals surface area contributed by atoms with Gasteiger partial charge < -0.3 is 25.8 Å². The highest BCUT2D eigenvalue weighted by Crippen LogP contribution is 2.36. The largest absolute Gasteiger partial charge is 0.354 e. The van der Waals surface area contributed by atoms with Crippen molar-refractivity contribution in [3.63, 3.8) is 0 Å². The van der Waals surface area contributed by atoms with E-state index in [9.17, 15) is 18.0 Å². The molecule has 0 saturated heterocycles. The lowest BCUT2D eigenvalue weighted by Crippen LogP contribution is -2.40. The van der Waals surface area contributed by atoms with Crippen molar-refractivity contribution in [2.75, 3.05) is 49.8 Å². The Morgan fingerprint density at radius 2 is 1.77 bits per heavy atom. The molecule has 5 aromatic rings. The van der Waals surface area contributed by atoms with Gasteiger partial charge in [0.2, 0.25) is 11.9 Å². The number of nitrogens with one attached hydrogen (secondary N) is 3. The van der Waals surface area contributed by atoms with E-state index in [-0.39, 0.29) is 34.9 Å². The molecule has 4 heterocycles. The van der Waals surface area contributed by atoms with Crippen LogP contribution in [0.1, 0.15) is 32.8 Å². The molecule has 0 aliphatic carbocycles. The fraction of sp³-hybridized carbons (Fsp3) is 0.273. The van der Waals surface area contributed by atoms with Crippen LogP contribution in [0, 0.1) is 13.8 Å². The van der Waals surface area contributed by atoms with Crippen molar-refractivity contribution in [2.24, 2.45) is 0 Å². The predicted octanol–water partition coefficient (Wildman–Crippen LogP) is 5.03. The number of rotatable bonds is 9. The van der Waals surface area contributed by atoms with Crippen LogP contribution in [0.25, 0.3) is 11.0 Å². The van der Waals surface area contributed by atoms with Crippen LogP contribution in [-0.2, 0) is 21.2 Å². The number of hydrogen-bond donors (Lipinski definition) is 3. The minimum Gasteiger partial charge on any atom is -0.354 e. The van der Waals surface area contributed by atoms with E-state index in [2.05, 4.69) is 22.0 Å². The van der Waals surface area contributed by atoms with Crippen LogP contribution in [0.15, 0.2) is 65.0 Å². The molecule has 0 unspecified atom stereocenters. The summed E-state index contributed by atoms with van der Waals surface area (Å²) in [6, 6.07) is 14.0. The minimum absolute atomic E-state index is 0.0109. The molecule has 0 bridgehead atoms. The summed E-state index contributed by atoms with van der Waals surface area (Å²) in [7, 11) is 1.27. The van der Waals surface area contributed by atoms with Crippen LogP contribution in [-0.4, -0.2) is 73.3 Å². The molecule has 0 radical (unpaired) electrons. The number of aromatic nitrogens is 3. The standard InChI is InChI=1S/C33H36N8O4S2/c1-20-8-10-23(11-9-20)47(44,45)41-15-12-24-30(35-25-13-16-46-29(25)32(43)34-3)37-33(38-31(24)41)36-26-18-27-22(17-21(26)2)7-6-14-40(27)28(42)19-39(4)5/h8-13,15-18H,6-7,14,19H2,1-5H3,(H,34,43)(H2,35,36,37,38). The van der Waals surface area contributed by atoms with Gasteiger partial charge in [0.05, 0.1) is 22.5 Å². The van der Waals surface area contributed by atoms with Gasteiger partial charge in [-0.25, -0.2) is 12.4 Å². The first-order chi connectivity index (χ1) is 22.5. The lowest BCUT2D eigenvalue weighted by molar-refractivity contribution is -0.119. The van der Waals surface area contributed by atoms with Crippen LogP contribution in [0.2, 0.25) is 0 Å². The lowest BCUT2D eigenvalue weighted by Gasteiger charge is -2.31. The number of carbonyl (C=O) groups is 2. The van der Waals surface area contributed by atoms with Gasteiger partial charge in [-0.15, -0.1) is 11.3 Å². The summed E-state index contributed by atoms with van der Waals surface area (Å²) in [5.41, 5.74) is 5.13. The van der Waals surface area contributed by atoms with Gasteiger partial charge >= 0.3 is 0 Å². The minimum atomic E-state index is -4.02. The van der Waals surface area contributed by atoms with Gasteiger partial charge in [-0.2, -0.15) is 9.97 Å². The quantitative estimate of drug-likeness (QED) is 0.197. The second-order valence-electron chi connectivity index (χ2n) is 11.7. The summed E-state index contributed by atoms with van der Waals surface area (Å²) < 4.78 is 28.9. The van der Waals surface area contributed by atoms with Crippen LogP contribution >= 0.6 is 11.3 Å². The molecule has 2 amide bonds. The SMILES string of the molecule is CNC(=O)c1sccc1Nc1nc(Nc2cc3c(cc2C)CCCN3C(=O)CN(C)C)nc2c1ccn2S(=O)(=O)c1ccc(C)cc1. The second-order valence-corrected chi connectivity index (χ2v) is 14.5. The normalized spacial score (nSPS) is 13.1. The van der Waals surface area contributed by atoms with Gasteiger partial charge in [-0.05, 0) is 87.6 Å². The highest BCUT2D eigenvalue weighted by atomic mass is 32.2. The first-order valence-corrected chi connectivity index (χ1v) is 17.4. The van der Waals surface area contributed by atoms with Gasteiger partial charge in [0.25, 0.3) is 15.9 Å². The Morgan fingerprint density at radius 1 is 1.00 bits per heavy atom. The van der Waals surface area contributed by atoms with Crippen LogP contribution in [0.3, 0.4) is 0 Å². The van der Waals surface area contributed by atoms with Crippen molar-refractivity contribution in [3.8, 4) is 0 Å². The van der Waals surface area contributed by atoms with E-state index in [1.807, 2.05) is 43.8 Å². The number of carbonyl (C=O) groups excluding carboxylic acids is 2. The van der Waals surface area contributed by atoms with Crippen molar-refractivity contribution >= 4 is 73.0 Å². The maximum absolute atomic E-state index is 13.9. The summed E-state index contributed by atoms with van der Waals surface area (Å²) in [5.74, 6) is 0.207. The number of likely N-dealkylation sites (N-methyl/N-ethyl adjacent to an activating group) is 1. The first kappa shape index (κ1) is 32.2. The fourth-order valence-corrected chi connectivity index (χ4v) is 7.70. The van der Waals surface area contributed by atoms with E-state index in [0.717, 1.165) is 39.2 Å². The molecule has 1 aliphatic rings. The Labute approximate surface area is 277 Å². The van der Waals surface area contributed by atoms with E-state index >= 15 is 0 Å². The summed E-state index contributed by atoms with van der Waals surface area (Å²) in [6.45, 7) is 4.77. The monoisotopic (exact) mass is 672 g/mol. The Bertz CT molecular complexity index is 2100. The summed E-state index contributed by atoms with van der Waals surface area (Å²) in [6.07, 6.45) is 3.19. The topological polar surface area (TPSA) is 142 Å². The van der Waals surface area contributed by atoms with Crippen LogP contribution in [0.5, 0.6) is 0 Å². The fourth-order valence-electron chi connectivity index (χ4n) is 5.61. The molecule has 244 valence electrons. The predicted molar refractivity (Wildman–Crippen MR) is 186 cm³/mol. The molecule has 6 rings (SSSR count). The van der Waals surface area contributed by atoms with Gasteiger partial charge in [0, 0.05) is 31.2 Å². The molecular formula is C33H36N8O4S2. The first-order valence-electron chi connectivity index (χ1n) is 15.1. The van der Waals surface area contributed by atoms with E-state index in [4.69, 9.17) is 9.97 Å². The molecule has 14 heteroatoms. The van der Waals surface area contributed by atoms with Gasteiger partial charge in [-0.1, -0.05) is 23.8 Å². The molecule has 1 aliphatic heterocycles. The Kier molecular flexibility index (Phi) is 8.74. The van der Waals surface area contributed by atoms with Crippen molar-refractivity contribution in [1.29, 1.82) is 0 Å². The number of anilines is 5. The summed E-state index contributed by atoms with van der Waals surface area (Å²) >= 11 is 1.27. The maximum atomic E-state index is 13.9. The molecular weight excluding hydrogens is 637 g/mol. The van der Waals surface area contributed by atoms with Crippen molar-refractivity contribution < 1.29 is 18.0 Å². The maximum Gasteiger partial charge on any atom is 0.269 e. The zero-order valence-corrected chi connectivity index (χ0v) is 28.4. The second kappa shape index (κ2) is 12.8. The van der Waals surface area contributed by atoms with E-state index in [1.165, 1.54) is 17.5 Å². The summed E-state index contributed by atoms with van der Waals surface area (Å²) in [4.78, 5) is 39.4. The Balaban J connectivity index is 1.47. The van der Waals surface area contributed by atoms with Gasteiger partial charge in [0.15, 0.2) is 5.65 Å². The van der Waals surface area contributed by atoms with Gasteiger partial charge in [-0.3, -0.25) is 9.59 Å². The molecule has 0 spiro atoms. The summed E-state index contributed by atoms with van der Waals surface area (Å²) in [5, 5.41) is 11.4. The highest BCUT2D eigenvalue weighted by Gasteiger charge is 2.26. The van der Waals surface area contributed by atoms with E-state index < -0.39 is 10.0 Å². The lowest BCUT2D eigenvalue weighted by atomic mass is 9.98. The zero-order chi connectivity index (χ0) is 33.5. The van der Waals surface area contributed by atoms with Crippen LogP contribution < -0.4 is 20.9 Å².